The van der Waals surface area contributed by atoms with Crippen molar-refractivity contribution in [3.8, 4) is 0 Å². The molecule has 0 saturated carbocycles. The Bertz CT molecular complexity index is 709. The highest BCUT2D eigenvalue weighted by Gasteiger charge is 2.24. The van der Waals surface area contributed by atoms with E-state index < -0.39 is 0 Å². The van der Waals surface area contributed by atoms with Crippen molar-refractivity contribution in [2.75, 3.05) is 18.0 Å². The maximum absolute atomic E-state index is 12.3. The second kappa shape index (κ2) is 7.64. The Labute approximate surface area is 149 Å². The lowest BCUT2D eigenvalue weighted by Gasteiger charge is -2.18. The molecule has 0 aliphatic carbocycles. The second-order valence-corrected chi connectivity index (χ2v) is 7.06. The van der Waals surface area contributed by atoms with Gasteiger partial charge in [0, 0.05) is 19.1 Å². The third-order valence-electron chi connectivity index (χ3n) is 4.70. The van der Waals surface area contributed by atoms with Crippen LogP contribution >= 0.6 is 0 Å². The van der Waals surface area contributed by atoms with Crippen LogP contribution in [0, 0.1) is 6.92 Å². The molecule has 1 amide bonds. The summed E-state index contributed by atoms with van der Waals surface area (Å²) >= 11 is 0. The minimum atomic E-state index is 0.0873. The molecule has 1 atom stereocenters. The van der Waals surface area contributed by atoms with E-state index >= 15 is 0 Å². The summed E-state index contributed by atoms with van der Waals surface area (Å²) in [5, 5.41) is 3.15. The smallest absolute Gasteiger partial charge is 0.224 e. The number of anilines is 1. The Morgan fingerprint density at radius 2 is 1.92 bits per heavy atom. The van der Waals surface area contributed by atoms with Crippen molar-refractivity contribution in [1.29, 1.82) is 0 Å². The Hall–Kier alpha value is -2.43. The molecule has 0 spiro atoms. The van der Waals surface area contributed by atoms with E-state index in [1.807, 2.05) is 19.3 Å². The van der Waals surface area contributed by atoms with Crippen molar-refractivity contribution in [3.63, 3.8) is 0 Å². The molecule has 132 valence electrons. The lowest BCUT2D eigenvalue weighted by atomic mass is 10.0. The number of hydrogen-bond acceptors (Lipinski definition) is 4. The average Bonchev–Trinajstić information content (AvgIpc) is 3.04. The number of rotatable bonds is 5. The highest BCUT2D eigenvalue weighted by molar-refractivity contribution is 5.79. The second-order valence-electron chi connectivity index (χ2n) is 7.06. The summed E-state index contributed by atoms with van der Waals surface area (Å²) in [5.41, 5.74) is 3.38. The molecule has 5 heteroatoms. The van der Waals surface area contributed by atoms with Crippen molar-refractivity contribution in [2.24, 2.45) is 0 Å². The number of aromatic nitrogens is 2. The predicted molar refractivity (Wildman–Crippen MR) is 99.8 cm³/mol. The molecule has 2 heterocycles. The summed E-state index contributed by atoms with van der Waals surface area (Å²) in [7, 11) is 0. The Morgan fingerprint density at radius 1 is 1.24 bits per heavy atom. The molecule has 1 aliphatic heterocycles. The van der Waals surface area contributed by atoms with Gasteiger partial charge in [-0.1, -0.05) is 38.1 Å². The molecule has 0 bridgehead atoms. The maximum atomic E-state index is 12.3. The number of hydrogen-bond donors (Lipinski definition) is 1. The first-order chi connectivity index (χ1) is 12.0. The normalized spacial score (nSPS) is 17.1. The molecule has 1 aromatic carbocycles. The lowest BCUT2D eigenvalue weighted by Crippen LogP contribution is -2.38. The molecule has 1 saturated heterocycles. The monoisotopic (exact) mass is 338 g/mol. The van der Waals surface area contributed by atoms with Crippen molar-refractivity contribution in [3.05, 3.63) is 53.6 Å². The molecule has 1 aromatic heterocycles. The van der Waals surface area contributed by atoms with E-state index in [1.165, 1.54) is 5.56 Å². The quantitative estimate of drug-likeness (QED) is 0.911. The van der Waals surface area contributed by atoms with E-state index in [2.05, 4.69) is 58.3 Å². The summed E-state index contributed by atoms with van der Waals surface area (Å²) in [6.07, 6.45) is 5.08. The standard InChI is InChI=1S/C20H26N4O/c1-14(2)17-6-4-16(5-7-17)10-20(25)23-18-8-9-24(13-18)19-11-21-15(3)22-12-19/h4-7,11-12,14,18H,8-10,13H2,1-3H3,(H,23,25)/t18-/m1/s1. The molecular formula is C20H26N4O. The van der Waals surface area contributed by atoms with Gasteiger partial charge in [0.15, 0.2) is 0 Å². The summed E-state index contributed by atoms with van der Waals surface area (Å²) < 4.78 is 0. The van der Waals surface area contributed by atoms with Crippen LogP contribution in [0.2, 0.25) is 0 Å². The van der Waals surface area contributed by atoms with E-state index in [1.54, 1.807) is 0 Å². The van der Waals surface area contributed by atoms with Crippen molar-refractivity contribution in [1.82, 2.24) is 15.3 Å². The van der Waals surface area contributed by atoms with Gasteiger partial charge in [-0.05, 0) is 30.4 Å². The van der Waals surface area contributed by atoms with E-state index in [-0.39, 0.29) is 11.9 Å². The van der Waals surface area contributed by atoms with Gasteiger partial charge in [0.25, 0.3) is 0 Å². The highest BCUT2D eigenvalue weighted by atomic mass is 16.1. The van der Waals surface area contributed by atoms with Crippen LogP contribution in [-0.4, -0.2) is 35.0 Å². The van der Waals surface area contributed by atoms with E-state index in [4.69, 9.17) is 0 Å². The largest absolute Gasteiger partial charge is 0.367 e. The average molecular weight is 338 g/mol. The number of nitrogens with one attached hydrogen (secondary N) is 1. The van der Waals surface area contributed by atoms with Gasteiger partial charge in [0.05, 0.1) is 24.5 Å². The summed E-state index contributed by atoms with van der Waals surface area (Å²) in [6.45, 7) is 7.95. The van der Waals surface area contributed by atoms with E-state index in [0.29, 0.717) is 12.3 Å². The van der Waals surface area contributed by atoms with Gasteiger partial charge < -0.3 is 10.2 Å². The third-order valence-corrected chi connectivity index (χ3v) is 4.70. The molecule has 1 aliphatic rings. The summed E-state index contributed by atoms with van der Waals surface area (Å²) in [4.78, 5) is 23.0. The van der Waals surface area contributed by atoms with Gasteiger partial charge in [-0.25, -0.2) is 9.97 Å². The van der Waals surface area contributed by atoms with Gasteiger partial charge in [-0.15, -0.1) is 0 Å². The molecule has 2 aromatic rings. The molecular weight excluding hydrogens is 312 g/mol. The minimum absolute atomic E-state index is 0.0873. The van der Waals surface area contributed by atoms with Crippen LogP contribution in [0.4, 0.5) is 5.69 Å². The number of aryl methyl sites for hydroxylation is 1. The lowest BCUT2D eigenvalue weighted by molar-refractivity contribution is -0.121. The number of benzene rings is 1. The van der Waals surface area contributed by atoms with E-state index in [9.17, 15) is 4.79 Å². The summed E-state index contributed by atoms with van der Waals surface area (Å²) in [6, 6.07) is 8.52. The van der Waals surface area contributed by atoms with Crippen LogP contribution in [0.25, 0.3) is 0 Å². The Balaban J connectivity index is 1.51. The third kappa shape index (κ3) is 4.56. The first kappa shape index (κ1) is 17.4. The molecule has 1 N–H and O–H groups in total. The zero-order valence-electron chi connectivity index (χ0n) is 15.2. The molecule has 3 rings (SSSR count). The minimum Gasteiger partial charge on any atom is -0.367 e. The van der Waals surface area contributed by atoms with Crippen molar-refractivity contribution in [2.45, 2.75) is 45.6 Å². The first-order valence-corrected chi connectivity index (χ1v) is 8.93. The van der Waals surface area contributed by atoms with E-state index in [0.717, 1.165) is 36.6 Å². The van der Waals surface area contributed by atoms with Crippen LogP contribution in [-0.2, 0) is 11.2 Å². The number of amides is 1. The Morgan fingerprint density at radius 3 is 2.56 bits per heavy atom. The number of carbonyl (C=O) groups is 1. The Kier molecular flexibility index (Phi) is 5.31. The fraction of sp³-hybridized carbons (Fsp3) is 0.450. The summed E-state index contributed by atoms with van der Waals surface area (Å²) in [5.74, 6) is 1.37. The van der Waals surface area contributed by atoms with Gasteiger partial charge in [-0.2, -0.15) is 0 Å². The van der Waals surface area contributed by atoms with Crippen molar-refractivity contribution >= 4 is 11.6 Å². The number of carbonyl (C=O) groups excluding carboxylic acids is 1. The van der Waals surface area contributed by atoms with Gasteiger partial charge in [0.1, 0.15) is 5.82 Å². The molecule has 25 heavy (non-hydrogen) atoms. The SMILES string of the molecule is Cc1ncc(N2CC[C@@H](NC(=O)Cc3ccc(C(C)C)cc3)C2)cn1. The van der Waals surface area contributed by atoms with Gasteiger partial charge in [-0.3, -0.25) is 4.79 Å². The number of nitrogens with zero attached hydrogens (tertiary/aromatic N) is 3. The molecule has 0 radical (unpaired) electrons. The van der Waals surface area contributed by atoms with Crippen LogP contribution in [0.15, 0.2) is 36.7 Å². The van der Waals surface area contributed by atoms with Gasteiger partial charge >= 0.3 is 0 Å². The van der Waals surface area contributed by atoms with Crippen molar-refractivity contribution < 1.29 is 4.79 Å². The molecule has 5 nitrogen and oxygen atoms in total. The van der Waals surface area contributed by atoms with Crippen LogP contribution in [0.1, 0.15) is 43.1 Å². The van der Waals surface area contributed by atoms with Crippen LogP contribution < -0.4 is 10.2 Å². The predicted octanol–water partition coefficient (Wildman–Crippen LogP) is 2.85. The maximum Gasteiger partial charge on any atom is 0.224 e. The first-order valence-electron chi connectivity index (χ1n) is 8.93. The highest BCUT2D eigenvalue weighted by Crippen LogP contribution is 2.19. The molecule has 0 unspecified atom stereocenters. The molecule has 1 fully saturated rings. The topological polar surface area (TPSA) is 58.1 Å². The zero-order chi connectivity index (χ0) is 17.8. The van der Waals surface area contributed by atoms with Gasteiger partial charge in [0.2, 0.25) is 5.91 Å². The van der Waals surface area contributed by atoms with Crippen LogP contribution in [0.3, 0.4) is 0 Å². The fourth-order valence-corrected chi connectivity index (χ4v) is 3.15. The van der Waals surface area contributed by atoms with Crippen LogP contribution in [0.5, 0.6) is 0 Å². The zero-order valence-corrected chi connectivity index (χ0v) is 15.2. The fourth-order valence-electron chi connectivity index (χ4n) is 3.15.